The van der Waals surface area contributed by atoms with E-state index in [2.05, 4.69) is 15.9 Å². The Kier molecular flexibility index (Phi) is 6.65. The van der Waals surface area contributed by atoms with E-state index < -0.39 is 0 Å². The van der Waals surface area contributed by atoms with E-state index in [1.54, 1.807) is 19.2 Å². The average molecular weight is 289 g/mol. The summed E-state index contributed by atoms with van der Waals surface area (Å²) >= 11 is 3.51. The number of benzene rings is 1. The highest BCUT2D eigenvalue weighted by Crippen LogP contribution is 2.17. The number of halogens is 2. The third-order valence-electron chi connectivity index (χ3n) is 2.59. The van der Waals surface area contributed by atoms with Gasteiger partial charge in [0.1, 0.15) is 5.82 Å². The van der Waals surface area contributed by atoms with Crippen molar-refractivity contribution in [1.82, 2.24) is 0 Å². The van der Waals surface area contributed by atoms with Crippen LogP contribution in [0.1, 0.15) is 18.4 Å². The van der Waals surface area contributed by atoms with Crippen LogP contribution in [0.2, 0.25) is 0 Å². The van der Waals surface area contributed by atoms with E-state index in [-0.39, 0.29) is 5.82 Å². The Bertz CT molecular complexity index is 304. The normalized spacial score (nSPS) is 12.7. The van der Waals surface area contributed by atoms with Gasteiger partial charge in [-0.05, 0) is 42.9 Å². The highest BCUT2D eigenvalue weighted by atomic mass is 79.9. The van der Waals surface area contributed by atoms with Crippen LogP contribution in [0.5, 0.6) is 0 Å². The van der Waals surface area contributed by atoms with Gasteiger partial charge in [-0.3, -0.25) is 0 Å². The number of hydrogen-bond acceptors (Lipinski definition) is 1. The summed E-state index contributed by atoms with van der Waals surface area (Å²) < 4.78 is 18.0. The second-order valence-corrected chi connectivity index (χ2v) is 4.64. The molecule has 3 heteroatoms. The van der Waals surface area contributed by atoms with Gasteiger partial charge in [-0.15, -0.1) is 0 Å². The molecule has 0 amide bonds. The fourth-order valence-corrected chi connectivity index (χ4v) is 2.30. The molecule has 0 aliphatic carbocycles. The zero-order chi connectivity index (χ0) is 11.8. The van der Waals surface area contributed by atoms with E-state index in [1.807, 2.05) is 6.07 Å². The molecule has 1 rings (SSSR count). The van der Waals surface area contributed by atoms with Crippen molar-refractivity contribution < 1.29 is 9.13 Å². The summed E-state index contributed by atoms with van der Waals surface area (Å²) in [6.45, 7) is 0.798. The van der Waals surface area contributed by atoms with Crippen molar-refractivity contribution in [3.63, 3.8) is 0 Å². The Labute approximate surface area is 105 Å². The van der Waals surface area contributed by atoms with Crippen LogP contribution in [0.4, 0.5) is 4.39 Å². The highest BCUT2D eigenvalue weighted by molar-refractivity contribution is 9.09. The summed E-state index contributed by atoms with van der Waals surface area (Å²) in [5, 5.41) is 0.952. The van der Waals surface area contributed by atoms with Crippen LogP contribution in [0.25, 0.3) is 0 Å². The first-order valence-electron chi connectivity index (χ1n) is 5.55. The van der Waals surface area contributed by atoms with Gasteiger partial charge in [0, 0.05) is 19.0 Å². The van der Waals surface area contributed by atoms with Crippen molar-refractivity contribution in [1.29, 1.82) is 0 Å². The van der Waals surface area contributed by atoms with Crippen molar-refractivity contribution in [3.05, 3.63) is 35.6 Å². The van der Waals surface area contributed by atoms with Gasteiger partial charge in [0.2, 0.25) is 0 Å². The van der Waals surface area contributed by atoms with Gasteiger partial charge in [-0.1, -0.05) is 28.1 Å². The topological polar surface area (TPSA) is 9.23 Å². The summed E-state index contributed by atoms with van der Waals surface area (Å²) in [6, 6.07) is 6.85. The monoisotopic (exact) mass is 288 g/mol. The van der Waals surface area contributed by atoms with Crippen LogP contribution in [0, 0.1) is 11.7 Å². The van der Waals surface area contributed by atoms with Crippen LogP contribution < -0.4 is 0 Å². The minimum atomic E-state index is -0.150. The summed E-state index contributed by atoms with van der Waals surface area (Å²) in [5.41, 5.74) is 1.07. The molecule has 90 valence electrons. The lowest BCUT2D eigenvalue weighted by Gasteiger charge is -2.13. The van der Waals surface area contributed by atoms with E-state index in [9.17, 15) is 4.39 Å². The Balaban J connectivity index is 2.43. The lowest BCUT2D eigenvalue weighted by molar-refractivity contribution is 0.188. The molecule has 0 N–H and O–H groups in total. The molecule has 0 spiro atoms. The van der Waals surface area contributed by atoms with Gasteiger partial charge < -0.3 is 4.74 Å². The zero-order valence-corrected chi connectivity index (χ0v) is 11.2. The van der Waals surface area contributed by atoms with Gasteiger partial charge in [-0.25, -0.2) is 4.39 Å². The fourth-order valence-electron chi connectivity index (χ4n) is 1.75. The predicted molar refractivity (Wildman–Crippen MR) is 68.5 cm³/mol. The van der Waals surface area contributed by atoms with E-state index in [4.69, 9.17) is 4.74 Å². The third kappa shape index (κ3) is 5.08. The first kappa shape index (κ1) is 13.7. The Hall–Kier alpha value is -0.410. The molecule has 0 heterocycles. The second kappa shape index (κ2) is 7.80. The first-order valence-corrected chi connectivity index (χ1v) is 6.67. The van der Waals surface area contributed by atoms with Gasteiger partial charge >= 0.3 is 0 Å². The molecule has 16 heavy (non-hydrogen) atoms. The first-order chi connectivity index (χ1) is 7.76. The minimum absolute atomic E-state index is 0.150. The molecule has 1 aromatic rings. The van der Waals surface area contributed by atoms with Gasteiger partial charge in [-0.2, -0.15) is 0 Å². The molecular formula is C13H18BrFO. The minimum Gasteiger partial charge on any atom is -0.385 e. The Morgan fingerprint density at radius 3 is 2.88 bits per heavy atom. The summed E-state index contributed by atoms with van der Waals surface area (Å²) in [5.74, 6) is 0.402. The number of rotatable bonds is 7. The zero-order valence-electron chi connectivity index (χ0n) is 9.59. The summed E-state index contributed by atoms with van der Waals surface area (Å²) in [6.07, 6.45) is 3.09. The van der Waals surface area contributed by atoms with E-state index >= 15 is 0 Å². The number of alkyl halides is 1. The van der Waals surface area contributed by atoms with Crippen molar-refractivity contribution >= 4 is 15.9 Å². The van der Waals surface area contributed by atoms with Crippen molar-refractivity contribution in [2.24, 2.45) is 5.92 Å². The number of methoxy groups -OCH3 is 1. The maximum Gasteiger partial charge on any atom is 0.123 e. The molecule has 0 radical (unpaired) electrons. The number of hydrogen-bond donors (Lipinski definition) is 0. The number of ether oxygens (including phenoxy) is 1. The van der Waals surface area contributed by atoms with E-state index in [1.165, 1.54) is 6.07 Å². The maximum absolute atomic E-state index is 13.0. The summed E-state index contributed by atoms with van der Waals surface area (Å²) in [4.78, 5) is 0. The molecule has 1 aromatic carbocycles. The van der Waals surface area contributed by atoms with Crippen molar-refractivity contribution in [3.8, 4) is 0 Å². The Morgan fingerprint density at radius 1 is 1.44 bits per heavy atom. The lowest BCUT2D eigenvalue weighted by Crippen LogP contribution is -2.07. The fraction of sp³-hybridized carbons (Fsp3) is 0.538. The standard InChI is InChI=1S/C13H18BrFO/c1-16-7-3-5-12(10-14)8-11-4-2-6-13(15)9-11/h2,4,6,9,12H,3,5,7-8,10H2,1H3. The lowest BCUT2D eigenvalue weighted by atomic mass is 9.97. The molecule has 0 fully saturated rings. The predicted octanol–water partition coefficient (Wildman–Crippen LogP) is 3.81. The van der Waals surface area contributed by atoms with Crippen LogP contribution in [0.15, 0.2) is 24.3 Å². The molecule has 0 aromatic heterocycles. The third-order valence-corrected chi connectivity index (χ3v) is 3.51. The smallest absolute Gasteiger partial charge is 0.123 e. The largest absolute Gasteiger partial charge is 0.385 e. The van der Waals surface area contributed by atoms with Crippen LogP contribution in [-0.4, -0.2) is 19.0 Å². The molecule has 0 aliphatic heterocycles. The molecule has 0 saturated carbocycles. The second-order valence-electron chi connectivity index (χ2n) is 3.99. The Morgan fingerprint density at radius 2 is 2.25 bits per heavy atom. The average Bonchev–Trinajstić information content (AvgIpc) is 2.28. The molecule has 1 unspecified atom stereocenters. The highest BCUT2D eigenvalue weighted by Gasteiger charge is 2.08. The van der Waals surface area contributed by atoms with Crippen molar-refractivity contribution in [2.75, 3.05) is 19.0 Å². The van der Waals surface area contributed by atoms with Crippen LogP contribution in [0.3, 0.4) is 0 Å². The van der Waals surface area contributed by atoms with E-state index in [0.717, 1.165) is 36.8 Å². The van der Waals surface area contributed by atoms with E-state index in [0.29, 0.717) is 5.92 Å². The SMILES string of the molecule is COCCCC(CBr)Cc1cccc(F)c1. The van der Waals surface area contributed by atoms with Crippen LogP contribution >= 0.6 is 15.9 Å². The molecule has 0 aliphatic rings. The van der Waals surface area contributed by atoms with Crippen LogP contribution in [-0.2, 0) is 11.2 Å². The van der Waals surface area contributed by atoms with Gasteiger partial charge in [0.25, 0.3) is 0 Å². The van der Waals surface area contributed by atoms with Crippen molar-refractivity contribution in [2.45, 2.75) is 19.3 Å². The van der Waals surface area contributed by atoms with Gasteiger partial charge in [0.15, 0.2) is 0 Å². The molecule has 0 bridgehead atoms. The quantitative estimate of drug-likeness (QED) is 0.548. The van der Waals surface area contributed by atoms with Gasteiger partial charge in [0.05, 0.1) is 0 Å². The molecular weight excluding hydrogens is 271 g/mol. The maximum atomic E-state index is 13.0. The molecule has 1 atom stereocenters. The molecule has 1 nitrogen and oxygen atoms in total. The summed E-state index contributed by atoms with van der Waals surface area (Å²) in [7, 11) is 1.72. The molecule has 0 saturated heterocycles.